The van der Waals surface area contributed by atoms with Gasteiger partial charge in [0.25, 0.3) is 0 Å². The van der Waals surface area contributed by atoms with Crippen LogP contribution in [0.4, 0.5) is 4.79 Å². The molecule has 0 aliphatic heterocycles. The van der Waals surface area contributed by atoms with Gasteiger partial charge in [-0.05, 0) is 45.0 Å². The molecule has 0 saturated heterocycles. The molecule has 5 heteroatoms. The summed E-state index contributed by atoms with van der Waals surface area (Å²) in [6.45, 7) is 6.22. The van der Waals surface area contributed by atoms with Crippen molar-refractivity contribution in [3.63, 3.8) is 0 Å². The highest BCUT2D eigenvalue weighted by atomic mass is 16.6. The fourth-order valence-corrected chi connectivity index (χ4v) is 2.43. The number of ether oxygens (including phenoxy) is 2. The van der Waals surface area contributed by atoms with E-state index in [2.05, 4.69) is 5.32 Å². The number of carbonyl (C=O) groups excluding carboxylic acids is 1. The molecule has 1 N–H and O–H groups in total. The number of benzene rings is 2. The number of amides is 1. The molecule has 24 heavy (non-hydrogen) atoms. The maximum Gasteiger partial charge on any atom is 0.407 e. The number of hydrogen-bond donors (Lipinski definition) is 1. The Morgan fingerprint density at radius 1 is 1.08 bits per heavy atom. The maximum absolute atomic E-state index is 11.6. The van der Waals surface area contributed by atoms with Gasteiger partial charge in [-0.15, -0.1) is 0 Å². The summed E-state index contributed by atoms with van der Waals surface area (Å²) < 4.78 is 16.7. The van der Waals surface area contributed by atoms with E-state index in [1.165, 1.54) is 0 Å². The van der Waals surface area contributed by atoms with E-state index in [4.69, 9.17) is 13.9 Å². The van der Waals surface area contributed by atoms with Crippen molar-refractivity contribution in [2.24, 2.45) is 0 Å². The van der Waals surface area contributed by atoms with Crippen LogP contribution in [0, 0.1) is 0 Å². The Bertz CT molecular complexity index is 861. The molecule has 0 spiro atoms. The third kappa shape index (κ3) is 3.79. The topological polar surface area (TPSA) is 60.7 Å². The number of fused-ring (bicyclic) bond motifs is 3. The molecule has 0 radical (unpaired) electrons. The van der Waals surface area contributed by atoms with E-state index in [0.717, 1.165) is 27.7 Å². The predicted octanol–water partition coefficient (Wildman–Crippen LogP) is 4.49. The van der Waals surface area contributed by atoms with E-state index in [9.17, 15) is 4.79 Å². The van der Waals surface area contributed by atoms with Gasteiger partial charge in [0.2, 0.25) is 0 Å². The Morgan fingerprint density at radius 3 is 2.62 bits per heavy atom. The Morgan fingerprint density at radius 2 is 1.83 bits per heavy atom. The predicted molar refractivity (Wildman–Crippen MR) is 93.5 cm³/mol. The lowest BCUT2D eigenvalue weighted by atomic mass is 10.1. The maximum atomic E-state index is 11.6. The first kappa shape index (κ1) is 16.2. The van der Waals surface area contributed by atoms with Gasteiger partial charge in [0.1, 0.15) is 29.1 Å². The molecule has 0 unspecified atom stereocenters. The van der Waals surface area contributed by atoms with Crippen LogP contribution in [-0.2, 0) is 4.74 Å². The van der Waals surface area contributed by atoms with Crippen molar-refractivity contribution in [2.75, 3.05) is 13.2 Å². The van der Waals surface area contributed by atoms with E-state index in [1.807, 2.05) is 63.2 Å². The largest absolute Gasteiger partial charge is 0.492 e. The summed E-state index contributed by atoms with van der Waals surface area (Å²) in [5, 5.41) is 4.74. The van der Waals surface area contributed by atoms with Crippen LogP contribution < -0.4 is 10.1 Å². The summed E-state index contributed by atoms with van der Waals surface area (Å²) in [6.07, 6.45) is -0.442. The molecule has 0 fully saturated rings. The van der Waals surface area contributed by atoms with E-state index in [1.54, 1.807) is 0 Å². The van der Waals surface area contributed by atoms with Crippen LogP contribution >= 0.6 is 0 Å². The second-order valence-electron chi connectivity index (χ2n) is 6.53. The van der Waals surface area contributed by atoms with Crippen LogP contribution in [0.1, 0.15) is 20.8 Å². The minimum Gasteiger partial charge on any atom is -0.492 e. The highest BCUT2D eigenvalue weighted by Gasteiger charge is 2.15. The third-order valence-electron chi connectivity index (χ3n) is 3.39. The number of para-hydroxylation sites is 1. The number of alkyl carbamates (subject to hydrolysis) is 1. The van der Waals surface area contributed by atoms with Crippen molar-refractivity contribution in [1.29, 1.82) is 0 Å². The first-order chi connectivity index (χ1) is 11.4. The lowest BCUT2D eigenvalue weighted by Crippen LogP contribution is -2.34. The molecule has 1 amide bonds. The molecule has 3 aromatic rings. The zero-order valence-corrected chi connectivity index (χ0v) is 14.1. The minimum atomic E-state index is -0.502. The second kappa shape index (κ2) is 6.43. The average molecular weight is 327 g/mol. The molecule has 0 bridgehead atoms. The molecule has 0 saturated carbocycles. The highest BCUT2D eigenvalue weighted by molar-refractivity contribution is 6.05. The molecule has 1 aromatic heterocycles. The lowest BCUT2D eigenvalue weighted by molar-refractivity contribution is 0.0520. The smallest absolute Gasteiger partial charge is 0.407 e. The molecule has 1 heterocycles. The SMILES string of the molecule is CC(C)(C)OC(=O)NCCOc1ccc2oc3ccccc3c2c1. The molecule has 2 aromatic carbocycles. The van der Waals surface area contributed by atoms with Gasteiger partial charge >= 0.3 is 6.09 Å². The lowest BCUT2D eigenvalue weighted by Gasteiger charge is -2.19. The molecule has 126 valence electrons. The summed E-state index contributed by atoms with van der Waals surface area (Å²) >= 11 is 0. The summed E-state index contributed by atoms with van der Waals surface area (Å²) in [4.78, 5) is 11.6. The van der Waals surface area contributed by atoms with Crippen molar-refractivity contribution in [3.8, 4) is 5.75 Å². The van der Waals surface area contributed by atoms with Crippen LogP contribution in [-0.4, -0.2) is 24.8 Å². The Labute approximate surface area is 140 Å². The summed E-state index contributed by atoms with van der Waals surface area (Å²) in [6, 6.07) is 13.6. The summed E-state index contributed by atoms with van der Waals surface area (Å²) in [7, 11) is 0. The fraction of sp³-hybridized carbons (Fsp3) is 0.316. The number of carbonyl (C=O) groups is 1. The Kier molecular flexibility index (Phi) is 4.34. The first-order valence-electron chi connectivity index (χ1n) is 7.93. The number of hydrogen-bond acceptors (Lipinski definition) is 4. The second-order valence-corrected chi connectivity index (χ2v) is 6.53. The van der Waals surface area contributed by atoms with Gasteiger partial charge in [0.05, 0.1) is 6.54 Å². The van der Waals surface area contributed by atoms with Crippen molar-refractivity contribution in [3.05, 3.63) is 42.5 Å². The Hall–Kier alpha value is -2.69. The van der Waals surface area contributed by atoms with E-state index in [0.29, 0.717) is 13.2 Å². The molecule has 3 rings (SSSR count). The van der Waals surface area contributed by atoms with E-state index >= 15 is 0 Å². The zero-order chi connectivity index (χ0) is 17.2. The van der Waals surface area contributed by atoms with Crippen molar-refractivity contribution in [2.45, 2.75) is 26.4 Å². The van der Waals surface area contributed by atoms with Gasteiger partial charge in [-0.25, -0.2) is 4.79 Å². The zero-order valence-electron chi connectivity index (χ0n) is 14.1. The number of furan rings is 1. The standard InChI is InChI=1S/C19H21NO4/c1-19(2,3)24-18(21)20-10-11-22-13-8-9-17-15(12-13)14-6-4-5-7-16(14)23-17/h4-9,12H,10-11H2,1-3H3,(H,20,21). The highest BCUT2D eigenvalue weighted by Crippen LogP contribution is 2.31. The van der Waals surface area contributed by atoms with Crippen LogP contribution in [0.25, 0.3) is 21.9 Å². The molecular weight excluding hydrogens is 306 g/mol. The van der Waals surface area contributed by atoms with Crippen molar-refractivity contribution in [1.82, 2.24) is 5.32 Å². The van der Waals surface area contributed by atoms with Gasteiger partial charge in [-0.3, -0.25) is 0 Å². The van der Waals surface area contributed by atoms with Gasteiger partial charge in [-0.2, -0.15) is 0 Å². The molecule has 0 aliphatic rings. The normalized spacial score (nSPS) is 11.6. The summed E-state index contributed by atoms with van der Waals surface area (Å²) in [5.74, 6) is 0.736. The molecule has 0 atom stereocenters. The molecular formula is C19H21NO4. The third-order valence-corrected chi connectivity index (χ3v) is 3.39. The number of nitrogens with one attached hydrogen (secondary N) is 1. The molecule has 0 aliphatic carbocycles. The van der Waals surface area contributed by atoms with Gasteiger partial charge in [-0.1, -0.05) is 18.2 Å². The Balaban J connectivity index is 1.60. The average Bonchev–Trinajstić information content (AvgIpc) is 2.88. The van der Waals surface area contributed by atoms with Crippen LogP contribution in [0.15, 0.2) is 46.9 Å². The first-order valence-corrected chi connectivity index (χ1v) is 7.93. The summed E-state index contributed by atoms with van der Waals surface area (Å²) in [5.41, 5.74) is 1.19. The van der Waals surface area contributed by atoms with Gasteiger partial charge < -0.3 is 19.2 Å². The van der Waals surface area contributed by atoms with Crippen molar-refractivity contribution < 1.29 is 18.7 Å². The van der Waals surface area contributed by atoms with Crippen LogP contribution in [0.2, 0.25) is 0 Å². The quantitative estimate of drug-likeness (QED) is 0.717. The van der Waals surface area contributed by atoms with Crippen LogP contribution in [0.5, 0.6) is 5.75 Å². The van der Waals surface area contributed by atoms with Gasteiger partial charge in [0.15, 0.2) is 0 Å². The number of rotatable bonds is 4. The fourth-order valence-electron chi connectivity index (χ4n) is 2.43. The minimum absolute atomic E-state index is 0.362. The van der Waals surface area contributed by atoms with E-state index < -0.39 is 11.7 Å². The monoisotopic (exact) mass is 327 g/mol. The van der Waals surface area contributed by atoms with Crippen molar-refractivity contribution >= 4 is 28.0 Å². The molecule has 5 nitrogen and oxygen atoms in total. The van der Waals surface area contributed by atoms with Crippen LogP contribution in [0.3, 0.4) is 0 Å². The van der Waals surface area contributed by atoms with E-state index in [-0.39, 0.29) is 0 Å². The van der Waals surface area contributed by atoms with Gasteiger partial charge in [0, 0.05) is 10.8 Å².